The van der Waals surface area contributed by atoms with Crippen LogP contribution >= 0.6 is 11.3 Å². The van der Waals surface area contributed by atoms with Gasteiger partial charge in [-0.2, -0.15) is 0 Å². The van der Waals surface area contributed by atoms with Gasteiger partial charge in [0.25, 0.3) is 0 Å². The Balaban J connectivity index is 1.65. The van der Waals surface area contributed by atoms with Crippen LogP contribution in [0.3, 0.4) is 0 Å². The molecule has 1 fully saturated rings. The number of ether oxygens (including phenoxy) is 2. The van der Waals surface area contributed by atoms with Crippen LogP contribution in [0.1, 0.15) is 49.6 Å². The van der Waals surface area contributed by atoms with E-state index in [9.17, 15) is 9.59 Å². The number of nitrogens with zero attached hydrogens (tertiary/aromatic N) is 1. The van der Waals surface area contributed by atoms with Crippen LogP contribution in [0.2, 0.25) is 0 Å². The lowest BCUT2D eigenvalue weighted by Crippen LogP contribution is -2.22. The first-order chi connectivity index (χ1) is 13.6. The van der Waals surface area contributed by atoms with E-state index in [0.29, 0.717) is 30.6 Å². The van der Waals surface area contributed by atoms with Crippen molar-refractivity contribution in [3.05, 3.63) is 28.8 Å². The summed E-state index contributed by atoms with van der Waals surface area (Å²) in [7, 11) is 0. The van der Waals surface area contributed by atoms with E-state index < -0.39 is 5.92 Å². The lowest BCUT2D eigenvalue weighted by atomic mass is 9.89. The van der Waals surface area contributed by atoms with Crippen LogP contribution in [0.5, 0.6) is 11.5 Å². The Kier molecular flexibility index (Phi) is 5.49. The van der Waals surface area contributed by atoms with Crippen molar-refractivity contribution < 1.29 is 19.1 Å². The molecule has 148 valence electrons. The first-order valence-corrected chi connectivity index (χ1v) is 10.8. The van der Waals surface area contributed by atoms with E-state index in [-0.39, 0.29) is 11.7 Å². The fraction of sp³-hybridized carbons (Fsp3) is 0.500. The van der Waals surface area contributed by atoms with E-state index >= 15 is 0 Å². The summed E-state index contributed by atoms with van der Waals surface area (Å²) in [6.07, 6.45) is 4.35. The Morgan fingerprint density at radius 2 is 2.07 bits per heavy atom. The van der Waals surface area contributed by atoms with E-state index in [2.05, 4.69) is 6.92 Å². The molecule has 1 aliphatic heterocycles. The van der Waals surface area contributed by atoms with E-state index in [0.717, 1.165) is 53.2 Å². The highest BCUT2D eigenvalue weighted by Gasteiger charge is 2.35. The van der Waals surface area contributed by atoms with Gasteiger partial charge in [-0.25, -0.2) is 4.98 Å². The third-order valence-electron chi connectivity index (χ3n) is 5.67. The van der Waals surface area contributed by atoms with Crippen LogP contribution in [-0.2, 0) is 16.0 Å². The molecule has 0 radical (unpaired) electrons. The minimum atomic E-state index is -0.757. The molecule has 28 heavy (non-hydrogen) atoms. The van der Waals surface area contributed by atoms with Gasteiger partial charge in [0.2, 0.25) is 0 Å². The summed E-state index contributed by atoms with van der Waals surface area (Å²) in [5, 5.41) is 0.809. The Bertz CT molecular complexity index is 891. The second-order valence-corrected chi connectivity index (χ2v) is 8.75. The molecule has 0 bridgehead atoms. The number of carbonyl (C=O) groups excluding carboxylic acids is 2. The minimum Gasteiger partial charge on any atom is -0.486 e. The summed E-state index contributed by atoms with van der Waals surface area (Å²) < 4.78 is 11.3. The number of aldehydes is 1. The number of fused-ring (bicyclic) bond motifs is 1. The molecular formula is C22H25NO4S. The zero-order chi connectivity index (χ0) is 19.7. The molecule has 3 atom stereocenters. The smallest absolute Gasteiger partial charge is 0.162 e. The monoisotopic (exact) mass is 399 g/mol. The quantitative estimate of drug-likeness (QED) is 0.531. The van der Waals surface area contributed by atoms with E-state index in [1.165, 1.54) is 0 Å². The SMILES string of the molecule is CCc1sc(-c2ccc3c(c2)OCCO3)nc1C(C=O)C(=O)[C@@H]1CC[C@@H](C)C1. The van der Waals surface area contributed by atoms with Crippen LogP contribution in [0.4, 0.5) is 0 Å². The van der Waals surface area contributed by atoms with E-state index in [1.54, 1.807) is 11.3 Å². The van der Waals surface area contributed by atoms with Gasteiger partial charge in [0.15, 0.2) is 17.3 Å². The van der Waals surface area contributed by atoms with Crippen LogP contribution in [0, 0.1) is 11.8 Å². The third-order valence-corrected chi connectivity index (χ3v) is 6.94. The minimum absolute atomic E-state index is 0.0191. The average molecular weight is 400 g/mol. The summed E-state index contributed by atoms with van der Waals surface area (Å²) >= 11 is 1.55. The number of Topliss-reactive ketones (excluding diaryl/α,β-unsaturated/α-hetero) is 1. The highest BCUT2D eigenvalue weighted by Crippen LogP contribution is 2.40. The summed E-state index contributed by atoms with van der Waals surface area (Å²) in [5.41, 5.74) is 1.55. The lowest BCUT2D eigenvalue weighted by molar-refractivity contribution is -0.127. The molecule has 2 aromatic rings. The molecule has 6 heteroatoms. The lowest BCUT2D eigenvalue weighted by Gasteiger charge is -2.18. The first kappa shape index (κ1) is 19.1. The number of ketones is 1. The molecule has 1 aliphatic carbocycles. The van der Waals surface area contributed by atoms with Gasteiger partial charge >= 0.3 is 0 Å². The Hall–Kier alpha value is -2.21. The maximum absolute atomic E-state index is 13.0. The van der Waals surface area contributed by atoms with Crippen LogP contribution < -0.4 is 9.47 Å². The molecule has 1 unspecified atom stereocenters. The molecule has 1 saturated carbocycles. The molecule has 2 aliphatic rings. The van der Waals surface area contributed by atoms with Crippen LogP contribution in [0.15, 0.2) is 18.2 Å². The standard InChI is InChI=1S/C22H25NO4S/c1-3-19-20(16(12-24)21(25)14-5-4-13(2)10-14)23-22(28-19)15-6-7-17-18(11-15)27-9-8-26-17/h6-7,11-14,16H,3-5,8-10H2,1-2H3/t13-,14-,16?/m1/s1. The number of thiazole rings is 1. The maximum Gasteiger partial charge on any atom is 0.162 e. The molecule has 0 spiro atoms. The van der Waals surface area contributed by atoms with Crippen molar-refractivity contribution in [2.24, 2.45) is 11.8 Å². The highest BCUT2D eigenvalue weighted by atomic mass is 32.1. The van der Waals surface area contributed by atoms with Gasteiger partial charge in [-0.1, -0.05) is 13.8 Å². The Labute approximate surface area is 169 Å². The normalized spacial score (nSPS) is 22.1. The number of aromatic nitrogens is 1. The average Bonchev–Trinajstić information content (AvgIpc) is 3.34. The van der Waals surface area contributed by atoms with Crippen molar-refractivity contribution in [2.75, 3.05) is 13.2 Å². The first-order valence-electron chi connectivity index (χ1n) is 9.99. The zero-order valence-corrected chi connectivity index (χ0v) is 17.1. The molecule has 0 saturated heterocycles. The van der Waals surface area contributed by atoms with Crippen molar-refractivity contribution in [3.63, 3.8) is 0 Å². The second kappa shape index (κ2) is 8.03. The predicted octanol–water partition coefficient (Wildman–Crippen LogP) is 4.43. The topological polar surface area (TPSA) is 65.5 Å². The maximum atomic E-state index is 13.0. The number of aryl methyl sites for hydroxylation is 1. The molecule has 4 rings (SSSR count). The van der Waals surface area contributed by atoms with E-state index in [1.807, 2.05) is 25.1 Å². The van der Waals surface area contributed by atoms with Crippen molar-refractivity contribution in [2.45, 2.75) is 45.4 Å². The highest BCUT2D eigenvalue weighted by molar-refractivity contribution is 7.15. The fourth-order valence-corrected chi connectivity index (χ4v) is 5.19. The number of carbonyl (C=O) groups is 2. The van der Waals surface area contributed by atoms with Crippen molar-refractivity contribution in [1.29, 1.82) is 0 Å². The van der Waals surface area contributed by atoms with Gasteiger partial charge in [0, 0.05) is 16.4 Å². The molecule has 1 aromatic carbocycles. The number of hydrogen-bond donors (Lipinski definition) is 0. The largest absolute Gasteiger partial charge is 0.486 e. The van der Waals surface area contributed by atoms with Gasteiger partial charge in [-0.05, 0) is 49.8 Å². The van der Waals surface area contributed by atoms with Gasteiger partial charge in [0.05, 0.1) is 5.69 Å². The second-order valence-electron chi connectivity index (χ2n) is 7.67. The number of rotatable bonds is 6. The van der Waals surface area contributed by atoms with Gasteiger partial charge < -0.3 is 14.3 Å². The Morgan fingerprint density at radius 3 is 2.75 bits per heavy atom. The van der Waals surface area contributed by atoms with Crippen LogP contribution in [0.25, 0.3) is 10.6 Å². The zero-order valence-electron chi connectivity index (χ0n) is 16.3. The molecule has 2 heterocycles. The van der Waals surface area contributed by atoms with Gasteiger partial charge in [-0.3, -0.25) is 4.79 Å². The van der Waals surface area contributed by atoms with Crippen molar-refractivity contribution in [3.8, 4) is 22.1 Å². The summed E-state index contributed by atoms with van der Waals surface area (Å²) in [5.74, 6) is 1.26. The van der Waals surface area contributed by atoms with Crippen LogP contribution in [-0.4, -0.2) is 30.3 Å². The summed E-state index contributed by atoms with van der Waals surface area (Å²) in [4.78, 5) is 30.7. The van der Waals surface area contributed by atoms with Crippen molar-refractivity contribution >= 4 is 23.4 Å². The fourth-order valence-electron chi connectivity index (χ4n) is 4.15. The van der Waals surface area contributed by atoms with E-state index in [4.69, 9.17) is 14.5 Å². The molecule has 1 aromatic heterocycles. The molecular weight excluding hydrogens is 374 g/mol. The van der Waals surface area contributed by atoms with Gasteiger partial charge in [-0.15, -0.1) is 11.3 Å². The molecule has 5 nitrogen and oxygen atoms in total. The Morgan fingerprint density at radius 1 is 1.29 bits per heavy atom. The van der Waals surface area contributed by atoms with Crippen molar-refractivity contribution in [1.82, 2.24) is 4.98 Å². The number of benzene rings is 1. The molecule has 0 N–H and O–H groups in total. The predicted molar refractivity (Wildman–Crippen MR) is 108 cm³/mol. The number of hydrogen-bond acceptors (Lipinski definition) is 6. The summed E-state index contributed by atoms with van der Waals surface area (Å²) in [6, 6.07) is 5.76. The molecule has 0 amide bonds. The van der Waals surface area contributed by atoms with Gasteiger partial charge in [0.1, 0.15) is 30.4 Å². The summed E-state index contributed by atoms with van der Waals surface area (Å²) in [6.45, 7) is 5.29. The third kappa shape index (κ3) is 3.58.